The van der Waals surface area contributed by atoms with Gasteiger partial charge >= 0.3 is 6.18 Å². The summed E-state index contributed by atoms with van der Waals surface area (Å²) in [4.78, 5) is 4.56. The smallest absolute Gasteiger partial charge is 0.422 e. The van der Waals surface area contributed by atoms with E-state index in [4.69, 9.17) is 18.9 Å². The van der Waals surface area contributed by atoms with Crippen LogP contribution in [0.5, 0.6) is 23.0 Å². The first-order valence-electron chi connectivity index (χ1n) is 9.65. The van der Waals surface area contributed by atoms with Crippen molar-refractivity contribution < 1.29 is 32.1 Å². The Bertz CT molecular complexity index is 926. The molecule has 2 N–H and O–H groups in total. The summed E-state index contributed by atoms with van der Waals surface area (Å²) in [7, 11) is 1.38. The van der Waals surface area contributed by atoms with Gasteiger partial charge in [0.1, 0.15) is 0 Å². The van der Waals surface area contributed by atoms with Crippen LogP contribution in [0.1, 0.15) is 18.1 Å². The number of nitrogens with zero attached hydrogens (tertiary/aromatic N) is 1. The van der Waals surface area contributed by atoms with E-state index in [1.165, 1.54) is 13.2 Å². The fourth-order valence-electron chi connectivity index (χ4n) is 2.84. The van der Waals surface area contributed by atoms with Crippen molar-refractivity contribution in [2.75, 3.05) is 27.1 Å². The van der Waals surface area contributed by atoms with Gasteiger partial charge in [0.05, 0.1) is 13.7 Å². The number of guanidine groups is 1. The zero-order chi connectivity index (χ0) is 22.3. The van der Waals surface area contributed by atoms with Crippen LogP contribution in [0.25, 0.3) is 0 Å². The van der Waals surface area contributed by atoms with Crippen molar-refractivity contribution >= 4 is 29.9 Å². The van der Waals surface area contributed by atoms with E-state index < -0.39 is 12.8 Å². The van der Waals surface area contributed by atoms with Crippen LogP contribution in [0.2, 0.25) is 0 Å². The third kappa shape index (κ3) is 7.53. The number of methoxy groups -OCH3 is 1. The molecule has 32 heavy (non-hydrogen) atoms. The van der Waals surface area contributed by atoms with Gasteiger partial charge in [0, 0.05) is 13.1 Å². The molecule has 176 valence electrons. The monoisotopic (exact) mass is 567 g/mol. The van der Waals surface area contributed by atoms with E-state index in [1.54, 1.807) is 12.1 Å². The lowest BCUT2D eigenvalue weighted by Crippen LogP contribution is -2.36. The molecule has 3 rings (SSSR count). The Balaban J connectivity index is 0.00000363. The summed E-state index contributed by atoms with van der Waals surface area (Å²) < 4.78 is 57.8. The number of aliphatic imine (C=N–C) groups is 1. The van der Waals surface area contributed by atoms with E-state index in [2.05, 4.69) is 15.6 Å². The Labute approximate surface area is 201 Å². The number of ether oxygens (including phenoxy) is 4. The average molecular weight is 567 g/mol. The van der Waals surface area contributed by atoms with Gasteiger partial charge < -0.3 is 29.6 Å². The van der Waals surface area contributed by atoms with E-state index in [0.717, 1.165) is 16.9 Å². The molecule has 11 heteroatoms. The van der Waals surface area contributed by atoms with E-state index in [0.29, 0.717) is 31.3 Å². The van der Waals surface area contributed by atoms with Crippen LogP contribution in [0.3, 0.4) is 0 Å². The molecule has 0 bridgehead atoms. The summed E-state index contributed by atoms with van der Waals surface area (Å²) in [6.45, 7) is 2.28. The lowest BCUT2D eigenvalue weighted by Gasteiger charge is -2.15. The first-order valence-corrected chi connectivity index (χ1v) is 9.65. The molecule has 0 aromatic heterocycles. The van der Waals surface area contributed by atoms with Gasteiger partial charge in [0.15, 0.2) is 35.6 Å². The third-order valence-corrected chi connectivity index (χ3v) is 4.28. The minimum absolute atomic E-state index is 0. The Kier molecular flexibility index (Phi) is 9.54. The van der Waals surface area contributed by atoms with E-state index in [1.807, 2.05) is 25.1 Å². The fourth-order valence-corrected chi connectivity index (χ4v) is 2.84. The fraction of sp³-hybridized carbons (Fsp3) is 0.381. The van der Waals surface area contributed by atoms with Crippen molar-refractivity contribution in [3.63, 3.8) is 0 Å². The summed E-state index contributed by atoms with van der Waals surface area (Å²) in [6, 6.07) is 10.4. The van der Waals surface area contributed by atoms with Crippen LogP contribution in [-0.2, 0) is 13.1 Å². The SMILES string of the molecule is CCNC(=NCc1ccc2c(c1)OCO2)NCc1ccc(OCC(F)(F)F)c(OC)c1.I. The van der Waals surface area contributed by atoms with Crippen molar-refractivity contribution in [3.8, 4) is 23.0 Å². The average Bonchev–Trinajstić information content (AvgIpc) is 3.21. The third-order valence-electron chi connectivity index (χ3n) is 4.28. The quantitative estimate of drug-likeness (QED) is 0.283. The Hall–Kier alpha value is -2.57. The standard InChI is InChI=1S/C21H24F3N3O4.HI/c1-3-25-20(27-11-15-5-7-17-19(9-15)31-13-30-17)26-10-14-4-6-16(18(8-14)28-2)29-12-21(22,23)24;/h4-9H,3,10-13H2,1-2H3,(H2,25,26,27);1H. The summed E-state index contributed by atoms with van der Waals surface area (Å²) in [5, 5.41) is 6.35. The maximum atomic E-state index is 12.4. The molecule has 0 saturated carbocycles. The van der Waals surface area contributed by atoms with Crippen molar-refractivity contribution in [2.45, 2.75) is 26.2 Å². The summed E-state index contributed by atoms with van der Waals surface area (Å²) in [5.41, 5.74) is 1.76. The van der Waals surface area contributed by atoms with Crippen molar-refractivity contribution in [2.24, 2.45) is 4.99 Å². The van der Waals surface area contributed by atoms with Gasteiger partial charge in [0.2, 0.25) is 6.79 Å². The normalized spacial score (nSPS) is 12.7. The Morgan fingerprint density at radius 2 is 1.78 bits per heavy atom. The lowest BCUT2D eigenvalue weighted by molar-refractivity contribution is -0.153. The molecular weight excluding hydrogens is 542 g/mol. The minimum Gasteiger partial charge on any atom is -0.493 e. The first kappa shape index (κ1) is 25.7. The molecule has 0 fully saturated rings. The van der Waals surface area contributed by atoms with Gasteiger partial charge in [-0.25, -0.2) is 4.99 Å². The van der Waals surface area contributed by atoms with Gasteiger partial charge in [-0.2, -0.15) is 13.2 Å². The van der Waals surface area contributed by atoms with Crippen LogP contribution in [0.4, 0.5) is 13.2 Å². The van der Waals surface area contributed by atoms with Gasteiger partial charge in [-0.05, 0) is 42.3 Å². The zero-order valence-electron chi connectivity index (χ0n) is 17.6. The van der Waals surface area contributed by atoms with Gasteiger partial charge in [-0.1, -0.05) is 12.1 Å². The number of hydrogen-bond donors (Lipinski definition) is 2. The molecule has 0 aliphatic carbocycles. The van der Waals surface area contributed by atoms with Crippen molar-refractivity contribution in [3.05, 3.63) is 47.5 Å². The van der Waals surface area contributed by atoms with Gasteiger partial charge in [0.25, 0.3) is 0 Å². The number of hydrogen-bond acceptors (Lipinski definition) is 5. The topological polar surface area (TPSA) is 73.3 Å². The molecule has 0 unspecified atom stereocenters. The first-order chi connectivity index (χ1) is 14.9. The van der Waals surface area contributed by atoms with Crippen LogP contribution in [0, 0.1) is 0 Å². The maximum Gasteiger partial charge on any atom is 0.422 e. The molecule has 1 heterocycles. The second-order valence-electron chi connectivity index (χ2n) is 6.63. The Morgan fingerprint density at radius 3 is 2.50 bits per heavy atom. The number of fused-ring (bicyclic) bond motifs is 1. The largest absolute Gasteiger partial charge is 0.493 e. The highest BCUT2D eigenvalue weighted by atomic mass is 127. The lowest BCUT2D eigenvalue weighted by atomic mass is 10.2. The number of benzene rings is 2. The summed E-state index contributed by atoms with van der Waals surface area (Å²) in [5.74, 6) is 2.27. The van der Waals surface area contributed by atoms with E-state index in [9.17, 15) is 13.2 Å². The molecule has 0 spiro atoms. The van der Waals surface area contributed by atoms with E-state index >= 15 is 0 Å². The maximum absolute atomic E-state index is 12.4. The highest BCUT2D eigenvalue weighted by Crippen LogP contribution is 2.32. The summed E-state index contributed by atoms with van der Waals surface area (Å²) in [6.07, 6.45) is -4.42. The summed E-state index contributed by atoms with van der Waals surface area (Å²) >= 11 is 0. The molecule has 0 saturated heterocycles. The molecule has 7 nitrogen and oxygen atoms in total. The van der Waals surface area contributed by atoms with Crippen LogP contribution >= 0.6 is 24.0 Å². The zero-order valence-corrected chi connectivity index (χ0v) is 20.0. The minimum atomic E-state index is -4.42. The van der Waals surface area contributed by atoms with Crippen molar-refractivity contribution in [1.29, 1.82) is 0 Å². The molecule has 2 aromatic carbocycles. The second-order valence-corrected chi connectivity index (χ2v) is 6.63. The molecule has 0 amide bonds. The highest BCUT2D eigenvalue weighted by Gasteiger charge is 2.29. The van der Waals surface area contributed by atoms with Gasteiger partial charge in [-0.15, -0.1) is 24.0 Å². The van der Waals surface area contributed by atoms with Crippen LogP contribution < -0.4 is 29.6 Å². The van der Waals surface area contributed by atoms with Crippen molar-refractivity contribution in [1.82, 2.24) is 10.6 Å². The molecule has 1 aliphatic heterocycles. The molecule has 2 aromatic rings. The molecule has 0 radical (unpaired) electrons. The Morgan fingerprint density at radius 1 is 1.03 bits per heavy atom. The predicted molar refractivity (Wildman–Crippen MR) is 124 cm³/mol. The van der Waals surface area contributed by atoms with Crippen LogP contribution in [0.15, 0.2) is 41.4 Å². The second kappa shape index (κ2) is 11.9. The number of alkyl halides is 3. The predicted octanol–water partition coefficient (Wildman–Crippen LogP) is 4.24. The molecule has 0 atom stereocenters. The van der Waals surface area contributed by atoms with E-state index in [-0.39, 0.29) is 42.3 Å². The van der Waals surface area contributed by atoms with Gasteiger partial charge in [-0.3, -0.25) is 0 Å². The van der Waals surface area contributed by atoms with Crippen LogP contribution in [-0.4, -0.2) is 39.2 Å². The number of nitrogens with one attached hydrogen (secondary N) is 2. The number of halogens is 4. The molecule has 1 aliphatic rings. The molecular formula is C21H25F3IN3O4. The highest BCUT2D eigenvalue weighted by molar-refractivity contribution is 14.0. The number of rotatable bonds is 8.